The van der Waals surface area contributed by atoms with E-state index in [-0.39, 0.29) is 30.1 Å². The number of rotatable bonds is 3. The normalized spacial score (nSPS) is 20.0. The van der Waals surface area contributed by atoms with E-state index in [9.17, 15) is 26.7 Å². The van der Waals surface area contributed by atoms with Crippen molar-refractivity contribution in [3.8, 4) is 5.88 Å². The Morgan fingerprint density at radius 3 is 2.50 bits per heavy atom. The molecule has 28 heavy (non-hydrogen) atoms. The number of alkyl halides is 5. The number of nitrogens with zero attached hydrogens (tertiary/aromatic N) is 2. The summed E-state index contributed by atoms with van der Waals surface area (Å²) in [6.07, 6.45) is -6.21. The van der Waals surface area contributed by atoms with Gasteiger partial charge in [0.25, 0.3) is 5.92 Å². The fraction of sp³-hybridized carbons (Fsp3) is 0.667. The number of carbonyl (C=O) groups is 1. The Hall–Kier alpha value is -2.13. The van der Waals surface area contributed by atoms with Crippen molar-refractivity contribution in [1.29, 1.82) is 0 Å². The van der Waals surface area contributed by atoms with E-state index in [4.69, 9.17) is 9.47 Å². The van der Waals surface area contributed by atoms with Gasteiger partial charge in [-0.3, -0.25) is 0 Å². The van der Waals surface area contributed by atoms with Crippen LogP contribution < -0.4 is 4.74 Å². The molecule has 2 heterocycles. The van der Waals surface area contributed by atoms with Crippen molar-refractivity contribution >= 4 is 6.09 Å². The molecule has 1 aliphatic heterocycles. The summed E-state index contributed by atoms with van der Waals surface area (Å²) in [5.74, 6) is -4.98. The number of likely N-dealkylation sites (tertiary alicyclic amines) is 1. The fourth-order valence-electron chi connectivity index (χ4n) is 2.98. The highest BCUT2D eigenvalue weighted by atomic mass is 19.4. The van der Waals surface area contributed by atoms with Gasteiger partial charge < -0.3 is 14.4 Å². The van der Waals surface area contributed by atoms with Gasteiger partial charge >= 0.3 is 12.3 Å². The van der Waals surface area contributed by atoms with E-state index in [0.717, 1.165) is 24.3 Å². The number of pyridine rings is 1. The zero-order chi connectivity index (χ0) is 21.3. The van der Waals surface area contributed by atoms with Gasteiger partial charge in [0, 0.05) is 31.3 Å². The van der Waals surface area contributed by atoms with Crippen molar-refractivity contribution in [2.24, 2.45) is 0 Å². The standard InChI is InChI=1S/C18H23F5N2O3/c1-16(2,3)28-15(26)25-6-5-17(19,20)13(10-25)12-7-11(8-18(21,22)23)14(27-4)24-9-12/h7,9,13H,5-6,8,10H2,1-4H3. The van der Waals surface area contributed by atoms with Crippen molar-refractivity contribution in [1.82, 2.24) is 9.88 Å². The van der Waals surface area contributed by atoms with E-state index in [1.165, 1.54) is 0 Å². The third-order valence-electron chi connectivity index (χ3n) is 4.21. The highest BCUT2D eigenvalue weighted by Gasteiger charge is 2.47. The van der Waals surface area contributed by atoms with Gasteiger partial charge in [-0.2, -0.15) is 13.2 Å². The highest BCUT2D eigenvalue weighted by Crippen LogP contribution is 2.41. The zero-order valence-corrected chi connectivity index (χ0v) is 16.1. The number of piperidine rings is 1. The van der Waals surface area contributed by atoms with Crippen molar-refractivity contribution in [2.75, 3.05) is 20.2 Å². The maximum atomic E-state index is 14.5. The molecule has 1 unspecified atom stereocenters. The van der Waals surface area contributed by atoms with E-state index in [0.29, 0.717) is 0 Å². The van der Waals surface area contributed by atoms with Gasteiger partial charge in [0.2, 0.25) is 5.88 Å². The lowest BCUT2D eigenvalue weighted by molar-refractivity contribution is -0.127. The SMILES string of the molecule is COc1ncc(C2CN(C(=O)OC(C)(C)C)CCC2(F)F)cc1CC(F)(F)F. The Morgan fingerprint density at radius 2 is 1.96 bits per heavy atom. The summed E-state index contributed by atoms with van der Waals surface area (Å²) in [6, 6.07) is 1.02. The molecule has 0 N–H and O–H groups in total. The topological polar surface area (TPSA) is 51.7 Å². The van der Waals surface area contributed by atoms with Crippen molar-refractivity contribution < 1.29 is 36.2 Å². The largest absolute Gasteiger partial charge is 0.481 e. The average molecular weight is 410 g/mol. The monoisotopic (exact) mass is 410 g/mol. The van der Waals surface area contributed by atoms with Gasteiger partial charge in [0.15, 0.2) is 0 Å². The van der Waals surface area contributed by atoms with E-state index in [2.05, 4.69) is 4.98 Å². The average Bonchev–Trinajstić information content (AvgIpc) is 2.51. The molecule has 0 radical (unpaired) electrons. The molecule has 0 bridgehead atoms. The van der Waals surface area contributed by atoms with Crippen LogP contribution in [0.25, 0.3) is 0 Å². The van der Waals surface area contributed by atoms with Crippen LogP contribution in [-0.2, 0) is 11.2 Å². The van der Waals surface area contributed by atoms with Crippen LogP contribution in [0.1, 0.15) is 44.2 Å². The van der Waals surface area contributed by atoms with Crippen LogP contribution in [0.3, 0.4) is 0 Å². The first-order chi connectivity index (χ1) is 12.7. The predicted octanol–water partition coefficient (Wildman–Crippen LogP) is 4.55. The minimum Gasteiger partial charge on any atom is -0.481 e. The van der Waals surface area contributed by atoms with Crippen LogP contribution in [0.4, 0.5) is 26.7 Å². The van der Waals surface area contributed by atoms with Gasteiger partial charge in [-0.05, 0) is 32.4 Å². The maximum Gasteiger partial charge on any atom is 0.410 e. The van der Waals surface area contributed by atoms with Crippen LogP contribution in [0, 0.1) is 0 Å². The van der Waals surface area contributed by atoms with Gasteiger partial charge in [-0.25, -0.2) is 18.6 Å². The van der Waals surface area contributed by atoms with Crippen LogP contribution in [0.15, 0.2) is 12.3 Å². The minimum atomic E-state index is -4.55. The van der Waals surface area contributed by atoms with Crippen molar-refractivity contribution in [3.05, 3.63) is 23.4 Å². The van der Waals surface area contributed by atoms with E-state index in [1.807, 2.05) is 0 Å². The quantitative estimate of drug-likeness (QED) is 0.686. The molecule has 0 aromatic carbocycles. The lowest BCUT2D eigenvalue weighted by atomic mass is 9.87. The molecular weight excluding hydrogens is 387 g/mol. The first-order valence-electron chi connectivity index (χ1n) is 8.67. The molecule has 1 amide bonds. The second-order valence-electron chi connectivity index (χ2n) is 7.72. The number of methoxy groups -OCH3 is 1. The Labute approximate surface area is 159 Å². The molecule has 1 saturated heterocycles. The molecule has 1 fully saturated rings. The predicted molar refractivity (Wildman–Crippen MR) is 90.7 cm³/mol. The number of aromatic nitrogens is 1. The number of carbonyl (C=O) groups excluding carboxylic acids is 1. The minimum absolute atomic E-state index is 0.0849. The molecule has 0 saturated carbocycles. The third-order valence-corrected chi connectivity index (χ3v) is 4.21. The molecule has 1 aromatic rings. The molecule has 0 spiro atoms. The second-order valence-corrected chi connectivity index (χ2v) is 7.72. The first kappa shape index (κ1) is 22.2. The van der Waals surface area contributed by atoms with Crippen molar-refractivity contribution in [3.63, 3.8) is 0 Å². The summed E-state index contributed by atoms with van der Waals surface area (Å²) in [5, 5.41) is 0. The first-order valence-corrected chi connectivity index (χ1v) is 8.67. The van der Waals surface area contributed by atoms with Gasteiger partial charge in [-0.15, -0.1) is 0 Å². The molecule has 10 heteroatoms. The zero-order valence-electron chi connectivity index (χ0n) is 16.1. The van der Waals surface area contributed by atoms with Crippen LogP contribution in [0.2, 0.25) is 0 Å². The van der Waals surface area contributed by atoms with Crippen LogP contribution in [0.5, 0.6) is 5.88 Å². The summed E-state index contributed by atoms with van der Waals surface area (Å²) < 4.78 is 77.5. The number of halogens is 5. The number of hydrogen-bond donors (Lipinski definition) is 0. The Kier molecular flexibility index (Phi) is 6.10. The lowest BCUT2D eigenvalue weighted by Crippen LogP contribution is -2.49. The lowest BCUT2D eigenvalue weighted by Gasteiger charge is -2.39. The van der Waals surface area contributed by atoms with E-state index >= 15 is 0 Å². The van der Waals surface area contributed by atoms with Gasteiger partial charge in [0.05, 0.1) is 19.4 Å². The van der Waals surface area contributed by atoms with Gasteiger partial charge in [0.1, 0.15) is 5.60 Å². The summed E-state index contributed by atoms with van der Waals surface area (Å²) in [7, 11) is 1.15. The summed E-state index contributed by atoms with van der Waals surface area (Å²) in [6.45, 7) is 4.35. The summed E-state index contributed by atoms with van der Waals surface area (Å²) in [4.78, 5) is 17.1. The molecule has 1 aliphatic rings. The molecule has 1 aromatic heterocycles. The summed E-state index contributed by atoms with van der Waals surface area (Å²) >= 11 is 0. The number of ether oxygens (including phenoxy) is 2. The second kappa shape index (κ2) is 7.71. The number of amides is 1. The molecule has 1 atom stereocenters. The molecule has 0 aliphatic carbocycles. The van der Waals surface area contributed by atoms with Gasteiger partial charge in [-0.1, -0.05) is 0 Å². The van der Waals surface area contributed by atoms with Crippen molar-refractivity contribution in [2.45, 2.75) is 57.2 Å². The molecule has 158 valence electrons. The van der Waals surface area contributed by atoms with E-state index < -0.39 is 42.6 Å². The Balaban J connectivity index is 2.32. The van der Waals surface area contributed by atoms with Crippen LogP contribution >= 0.6 is 0 Å². The number of hydrogen-bond acceptors (Lipinski definition) is 4. The molecule has 2 rings (SSSR count). The fourth-order valence-corrected chi connectivity index (χ4v) is 2.98. The summed E-state index contributed by atoms with van der Waals surface area (Å²) in [5.41, 5.74) is -1.22. The van der Waals surface area contributed by atoms with Crippen LogP contribution in [-0.4, -0.2) is 53.9 Å². The maximum absolute atomic E-state index is 14.5. The Morgan fingerprint density at radius 1 is 1.32 bits per heavy atom. The molecular formula is C18H23F5N2O3. The highest BCUT2D eigenvalue weighted by molar-refractivity contribution is 5.68. The third kappa shape index (κ3) is 5.68. The smallest absolute Gasteiger partial charge is 0.410 e. The van der Waals surface area contributed by atoms with E-state index in [1.54, 1.807) is 20.8 Å². The Bertz CT molecular complexity index is 716. The molecule has 5 nitrogen and oxygen atoms in total.